The van der Waals surface area contributed by atoms with E-state index in [2.05, 4.69) is 66.8 Å². The molecule has 1 saturated heterocycles. The fourth-order valence-electron chi connectivity index (χ4n) is 5.83. The Balaban J connectivity index is 1.40. The molecule has 0 aliphatic carbocycles. The van der Waals surface area contributed by atoms with E-state index in [1.54, 1.807) is 0 Å². The zero-order valence-electron chi connectivity index (χ0n) is 20.7. The predicted molar refractivity (Wildman–Crippen MR) is 140 cm³/mol. The van der Waals surface area contributed by atoms with E-state index in [0.29, 0.717) is 18.5 Å². The van der Waals surface area contributed by atoms with Gasteiger partial charge in [-0.05, 0) is 61.8 Å². The lowest BCUT2D eigenvalue weighted by atomic mass is 9.82. The number of carbonyl (C=O) groups excluding carboxylic acids is 1. The number of fused-ring (bicyclic) bond motifs is 2. The van der Waals surface area contributed by atoms with E-state index in [1.165, 1.54) is 16.8 Å². The van der Waals surface area contributed by atoms with Crippen molar-refractivity contribution in [3.05, 3.63) is 76.1 Å². The molecule has 2 aromatic rings. The van der Waals surface area contributed by atoms with Crippen molar-refractivity contribution in [2.75, 3.05) is 38.5 Å². The van der Waals surface area contributed by atoms with Crippen molar-refractivity contribution in [3.63, 3.8) is 0 Å². The van der Waals surface area contributed by atoms with Crippen LogP contribution in [0.3, 0.4) is 0 Å². The Labute approximate surface area is 206 Å². The smallest absolute Gasteiger partial charge is 0.170 e. The van der Waals surface area contributed by atoms with Gasteiger partial charge in [0.2, 0.25) is 0 Å². The third-order valence-electron chi connectivity index (χ3n) is 7.96. The van der Waals surface area contributed by atoms with Crippen molar-refractivity contribution in [2.45, 2.75) is 38.7 Å². The van der Waals surface area contributed by atoms with Crippen LogP contribution in [0.15, 0.2) is 53.9 Å². The van der Waals surface area contributed by atoms with Crippen LogP contribution in [0.1, 0.15) is 60.2 Å². The largest absolute Gasteiger partial charge is 0.486 e. The van der Waals surface area contributed by atoms with Gasteiger partial charge in [-0.3, -0.25) is 4.79 Å². The fraction of sp³-hybridized carbons (Fsp3) is 0.379. The first-order valence-corrected chi connectivity index (χ1v) is 12.6. The van der Waals surface area contributed by atoms with Crippen LogP contribution in [-0.4, -0.2) is 54.5 Å². The topological polar surface area (TPSA) is 66.5 Å². The predicted octanol–water partition coefficient (Wildman–Crippen LogP) is 4.65. The number of allylic oxidation sites excluding steroid dienone is 3. The monoisotopic (exact) mass is 468 g/mol. The van der Waals surface area contributed by atoms with Crippen LogP contribution in [-0.2, 0) is 0 Å². The molecule has 0 amide bonds. The number of anilines is 1. The molecular formula is C29H32N4O2. The van der Waals surface area contributed by atoms with E-state index >= 15 is 0 Å². The molecule has 0 unspecified atom stereocenters. The zero-order chi connectivity index (χ0) is 24.2. The maximum Gasteiger partial charge on any atom is 0.170 e. The van der Waals surface area contributed by atoms with E-state index in [1.807, 2.05) is 12.3 Å². The van der Waals surface area contributed by atoms with Gasteiger partial charge in [0.15, 0.2) is 5.78 Å². The summed E-state index contributed by atoms with van der Waals surface area (Å²) in [5.74, 6) is 1.80. The van der Waals surface area contributed by atoms with E-state index in [4.69, 9.17) is 9.72 Å². The number of piperidine rings is 1. The Morgan fingerprint density at radius 1 is 1.06 bits per heavy atom. The second-order valence-corrected chi connectivity index (χ2v) is 10.2. The van der Waals surface area contributed by atoms with Gasteiger partial charge in [0.25, 0.3) is 0 Å². The third-order valence-corrected chi connectivity index (χ3v) is 7.96. The number of nitrogens with one attached hydrogen (secondary N) is 2. The van der Waals surface area contributed by atoms with Gasteiger partial charge < -0.3 is 20.3 Å². The molecule has 0 bridgehead atoms. The van der Waals surface area contributed by atoms with Crippen LogP contribution in [0.25, 0.3) is 11.1 Å². The quantitative estimate of drug-likeness (QED) is 0.669. The Hall–Kier alpha value is -3.38. The SMILES string of the molecule is CC1=CCN(C)C(C)=C1c1cnc2c(c1)C(c1ccc3c(c1)OC1(CCNCC1)CC3=O)=CCN2. The Bertz CT molecular complexity index is 1310. The Kier molecular flexibility index (Phi) is 5.29. The molecule has 1 aromatic carbocycles. The molecule has 6 nitrogen and oxygen atoms in total. The standard InChI is InChI=1S/C29H32N4O2/c1-18-7-13-33(3)19(2)27(18)21-14-24-22(6-10-31-28(24)32-17-21)20-4-5-23-25(34)16-29(35-26(23)15-20)8-11-30-12-9-29/h4-7,14-15,17,30H,8-13,16H2,1-3H3,(H,31,32). The number of hydrogen-bond acceptors (Lipinski definition) is 6. The van der Waals surface area contributed by atoms with Gasteiger partial charge in [0, 0.05) is 61.6 Å². The molecular weight excluding hydrogens is 436 g/mol. The lowest BCUT2D eigenvalue weighted by Gasteiger charge is -2.41. The molecule has 0 saturated carbocycles. The summed E-state index contributed by atoms with van der Waals surface area (Å²) in [7, 11) is 2.13. The molecule has 4 aliphatic rings. The van der Waals surface area contributed by atoms with E-state index in [9.17, 15) is 4.79 Å². The number of Topliss-reactive ketones (excluding diaryl/α,β-unsaturated/α-hetero) is 1. The minimum absolute atomic E-state index is 0.189. The maximum atomic E-state index is 13.0. The molecule has 6 rings (SSSR count). The summed E-state index contributed by atoms with van der Waals surface area (Å²) in [5.41, 5.74) is 8.49. The van der Waals surface area contributed by atoms with Gasteiger partial charge in [-0.2, -0.15) is 0 Å². The average Bonchev–Trinajstić information content (AvgIpc) is 2.86. The molecule has 0 radical (unpaired) electrons. The first-order valence-electron chi connectivity index (χ1n) is 12.6. The highest BCUT2D eigenvalue weighted by Gasteiger charge is 2.41. The van der Waals surface area contributed by atoms with Crippen molar-refractivity contribution in [3.8, 4) is 5.75 Å². The molecule has 1 spiro atoms. The minimum Gasteiger partial charge on any atom is -0.486 e. The van der Waals surface area contributed by atoms with Crippen molar-refractivity contribution in [2.24, 2.45) is 0 Å². The molecule has 6 heteroatoms. The number of ether oxygens (including phenoxy) is 1. The van der Waals surface area contributed by atoms with Crippen LogP contribution in [0.5, 0.6) is 5.75 Å². The summed E-state index contributed by atoms with van der Waals surface area (Å²) < 4.78 is 6.57. The van der Waals surface area contributed by atoms with Gasteiger partial charge in [-0.1, -0.05) is 18.2 Å². The number of likely N-dealkylation sites (N-methyl/N-ethyl adjacent to an activating group) is 1. The van der Waals surface area contributed by atoms with Crippen LogP contribution in [0, 0.1) is 0 Å². The average molecular weight is 469 g/mol. The van der Waals surface area contributed by atoms with Crippen molar-refractivity contribution >= 4 is 22.7 Å². The van der Waals surface area contributed by atoms with Crippen LogP contribution in [0.4, 0.5) is 5.82 Å². The highest BCUT2D eigenvalue weighted by molar-refractivity contribution is 6.01. The highest BCUT2D eigenvalue weighted by Crippen LogP contribution is 2.42. The number of benzene rings is 1. The zero-order valence-corrected chi connectivity index (χ0v) is 20.7. The number of aromatic nitrogens is 1. The summed E-state index contributed by atoms with van der Waals surface area (Å²) in [4.78, 5) is 20.1. The van der Waals surface area contributed by atoms with Crippen molar-refractivity contribution in [1.82, 2.24) is 15.2 Å². The van der Waals surface area contributed by atoms with E-state index < -0.39 is 0 Å². The van der Waals surface area contributed by atoms with Gasteiger partial charge in [0.1, 0.15) is 17.2 Å². The molecule has 2 N–H and O–H groups in total. The lowest BCUT2D eigenvalue weighted by molar-refractivity contribution is 0.0187. The normalized spacial score (nSPS) is 21.0. The minimum atomic E-state index is -0.371. The summed E-state index contributed by atoms with van der Waals surface area (Å²) in [6.07, 6.45) is 8.64. The van der Waals surface area contributed by atoms with E-state index in [0.717, 1.165) is 66.3 Å². The third kappa shape index (κ3) is 3.76. The second kappa shape index (κ2) is 8.38. The van der Waals surface area contributed by atoms with Crippen LogP contribution in [0.2, 0.25) is 0 Å². The van der Waals surface area contributed by atoms with Crippen LogP contribution < -0.4 is 15.4 Å². The number of rotatable bonds is 2. The molecule has 1 aromatic heterocycles. The summed E-state index contributed by atoms with van der Waals surface area (Å²) in [6, 6.07) is 8.30. The number of ketones is 1. The van der Waals surface area contributed by atoms with Gasteiger partial charge >= 0.3 is 0 Å². The van der Waals surface area contributed by atoms with Gasteiger partial charge in [-0.15, -0.1) is 0 Å². The molecule has 180 valence electrons. The Morgan fingerprint density at radius 3 is 2.71 bits per heavy atom. The second-order valence-electron chi connectivity index (χ2n) is 10.2. The number of nitrogens with zero attached hydrogens (tertiary/aromatic N) is 2. The maximum absolute atomic E-state index is 13.0. The van der Waals surface area contributed by atoms with Crippen molar-refractivity contribution in [1.29, 1.82) is 0 Å². The number of pyridine rings is 1. The molecule has 35 heavy (non-hydrogen) atoms. The highest BCUT2D eigenvalue weighted by atomic mass is 16.5. The van der Waals surface area contributed by atoms with Gasteiger partial charge in [-0.25, -0.2) is 4.98 Å². The molecule has 5 heterocycles. The number of hydrogen-bond donors (Lipinski definition) is 2. The van der Waals surface area contributed by atoms with Crippen LogP contribution >= 0.6 is 0 Å². The van der Waals surface area contributed by atoms with E-state index in [-0.39, 0.29) is 11.4 Å². The summed E-state index contributed by atoms with van der Waals surface area (Å²) in [5, 5.41) is 6.80. The molecule has 4 aliphatic heterocycles. The molecule has 0 atom stereocenters. The molecule has 1 fully saturated rings. The first-order chi connectivity index (χ1) is 16.9. The first kappa shape index (κ1) is 22.1. The van der Waals surface area contributed by atoms with Gasteiger partial charge in [0.05, 0.1) is 12.0 Å². The summed E-state index contributed by atoms with van der Waals surface area (Å²) in [6.45, 7) is 7.77. The fourth-order valence-corrected chi connectivity index (χ4v) is 5.83. The van der Waals surface area contributed by atoms with Crippen molar-refractivity contribution < 1.29 is 9.53 Å². The Morgan fingerprint density at radius 2 is 1.89 bits per heavy atom. The lowest BCUT2D eigenvalue weighted by Crippen LogP contribution is -2.49. The number of carbonyl (C=O) groups is 1. The summed E-state index contributed by atoms with van der Waals surface area (Å²) >= 11 is 0.